The van der Waals surface area contributed by atoms with Gasteiger partial charge in [0.05, 0.1) is 6.61 Å². The molecule has 0 aromatic rings. The molecule has 0 N–H and O–H groups in total. The third-order valence-corrected chi connectivity index (χ3v) is 5.51. The van der Waals surface area contributed by atoms with E-state index < -0.39 is 0 Å². The number of hydrogen-bond donors (Lipinski definition) is 1. The SMILES string of the molecule is CCC(C)N(CCOC)CC1(CS)CCCCCC1. The van der Waals surface area contributed by atoms with Crippen LogP contribution in [0.4, 0.5) is 0 Å². The molecule has 114 valence electrons. The Hall–Kier alpha value is 0.270. The Morgan fingerprint density at radius 3 is 2.32 bits per heavy atom. The van der Waals surface area contributed by atoms with Gasteiger partial charge in [-0.1, -0.05) is 32.6 Å². The first-order valence-corrected chi connectivity index (χ1v) is 8.64. The molecule has 2 nitrogen and oxygen atoms in total. The number of thiol groups is 1. The molecule has 19 heavy (non-hydrogen) atoms. The van der Waals surface area contributed by atoms with Crippen LogP contribution in [0.3, 0.4) is 0 Å². The van der Waals surface area contributed by atoms with Crippen molar-refractivity contribution < 1.29 is 4.74 Å². The van der Waals surface area contributed by atoms with Gasteiger partial charge in [0.25, 0.3) is 0 Å². The van der Waals surface area contributed by atoms with Gasteiger partial charge in [0.1, 0.15) is 0 Å². The van der Waals surface area contributed by atoms with Crippen molar-refractivity contribution in [1.29, 1.82) is 0 Å². The van der Waals surface area contributed by atoms with Crippen LogP contribution in [-0.2, 0) is 4.74 Å². The fourth-order valence-electron chi connectivity index (χ4n) is 3.20. The molecule has 0 spiro atoms. The molecule has 0 radical (unpaired) electrons. The normalized spacial score (nSPS) is 21.3. The largest absolute Gasteiger partial charge is 0.383 e. The molecule has 0 bridgehead atoms. The van der Waals surface area contributed by atoms with E-state index in [0.29, 0.717) is 11.5 Å². The number of hydrogen-bond acceptors (Lipinski definition) is 3. The zero-order chi connectivity index (χ0) is 14.1. The first-order valence-electron chi connectivity index (χ1n) is 8.01. The summed E-state index contributed by atoms with van der Waals surface area (Å²) in [6.07, 6.45) is 9.53. The van der Waals surface area contributed by atoms with Crippen molar-refractivity contribution in [1.82, 2.24) is 4.90 Å². The maximum absolute atomic E-state index is 5.29. The van der Waals surface area contributed by atoms with Gasteiger partial charge in [0.15, 0.2) is 0 Å². The zero-order valence-corrected chi connectivity index (χ0v) is 14.1. The Morgan fingerprint density at radius 1 is 1.21 bits per heavy atom. The smallest absolute Gasteiger partial charge is 0.0589 e. The second kappa shape index (κ2) is 9.25. The molecule has 1 aliphatic carbocycles. The Morgan fingerprint density at radius 2 is 1.84 bits per heavy atom. The van der Waals surface area contributed by atoms with Gasteiger partial charge in [-0.2, -0.15) is 12.6 Å². The van der Waals surface area contributed by atoms with Crippen molar-refractivity contribution in [2.75, 3.05) is 32.6 Å². The molecule has 0 aromatic carbocycles. The third kappa shape index (κ3) is 5.65. The monoisotopic (exact) mass is 287 g/mol. The van der Waals surface area contributed by atoms with Crippen LogP contribution in [0.5, 0.6) is 0 Å². The average Bonchev–Trinajstić information content (AvgIpc) is 2.68. The van der Waals surface area contributed by atoms with Crippen molar-refractivity contribution in [3.63, 3.8) is 0 Å². The lowest BCUT2D eigenvalue weighted by molar-refractivity contribution is 0.0789. The van der Waals surface area contributed by atoms with Crippen molar-refractivity contribution in [3.05, 3.63) is 0 Å². The highest BCUT2D eigenvalue weighted by atomic mass is 32.1. The summed E-state index contributed by atoms with van der Waals surface area (Å²) in [6, 6.07) is 0.648. The summed E-state index contributed by atoms with van der Waals surface area (Å²) >= 11 is 4.70. The number of rotatable bonds is 8. The lowest BCUT2D eigenvalue weighted by atomic mass is 9.81. The van der Waals surface area contributed by atoms with Gasteiger partial charge < -0.3 is 4.74 Å². The van der Waals surface area contributed by atoms with E-state index in [1.807, 2.05) is 0 Å². The van der Waals surface area contributed by atoms with E-state index in [0.717, 1.165) is 18.9 Å². The standard InChI is InChI=1S/C16H33NOS/c1-4-15(2)17(11-12-18-3)13-16(14-19)9-7-5-6-8-10-16/h15,19H,4-14H2,1-3H3. The van der Waals surface area contributed by atoms with E-state index in [-0.39, 0.29) is 0 Å². The maximum atomic E-state index is 5.29. The minimum absolute atomic E-state index is 0.441. The van der Waals surface area contributed by atoms with Gasteiger partial charge in [-0.3, -0.25) is 4.90 Å². The quantitative estimate of drug-likeness (QED) is 0.535. The molecule has 0 amide bonds. The molecule has 0 aliphatic heterocycles. The van der Waals surface area contributed by atoms with E-state index in [1.54, 1.807) is 7.11 Å². The summed E-state index contributed by atoms with van der Waals surface area (Å²) in [5.74, 6) is 1.03. The molecule has 1 unspecified atom stereocenters. The number of methoxy groups -OCH3 is 1. The molecular weight excluding hydrogens is 254 g/mol. The molecule has 0 saturated heterocycles. The minimum atomic E-state index is 0.441. The Balaban J connectivity index is 2.66. The molecular formula is C16H33NOS. The molecule has 1 rings (SSSR count). The van der Waals surface area contributed by atoms with Crippen LogP contribution in [0.25, 0.3) is 0 Å². The van der Waals surface area contributed by atoms with E-state index in [1.165, 1.54) is 51.5 Å². The van der Waals surface area contributed by atoms with E-state index in [9.17, 15) is 0 Å². The van der Waals surface area contributed by atoms with Crippen LogP contribution in [-0.4, -0.2) is 43.5 Å². The van der Waals surface area contributed by atoms with Crippen LogP contribution >= 0.6 is 12.6 Å². The van der Waals surface area contributed by atoms with Gasteiger partial charge in [-0.05, 0) is 37.4 Å². The highest BCUT2D eigenvalue weighted by molar-refractivity contribution is 7.80. The summed E-state index contributed by atoms with van der Waals surface area (Å²) < 4.78 is 5.29. The topological polar surface area (TPSA) is 12.5 Å². The van der Waals surface area contributed by atoms with Gasteiger partial charge in [-0.25, -0.2) is 0 Å². The Bertz CT molecular complexity index is 227. The first kappa shape index (κ1) is 17.3. The molecule has 1 aliphatic rings. The fourth-order valence-corrected chi connectivity index (χ4v) is 3.61. The first-order chi connectivity index (χ1) is 9.17. The highest BCUT2D eigenvalue weighted by Crippen LogP contribution is 2.37. The predicted molar refractivity (Wildman–Crippen MR) is 87.2 cm³/mol. The minimum Gasteiger partial charge on any atom is -0.383 e. The lowest BCUT2D eigenvalue weighted by Crippen LogP contribution is -2.44. The average molecular weight is 288 g/mol. The summed E-state index contributed by atoms with van der Waals surface area (Å²) in [5, 5.41) is 0. The zero-order valence-electron chi connectivity index (χ0n) is 13.2. The van der Waals surface area contributed by atoms with Crippen molar-refractivity contribution in [3.8, 4) is 0 Å². The highest BCUT2D eigenvalue weighted by Gasteiger charge is 2.32. The van der Waals surface area contributed by atoms with Gasteiger partial charge in [0.2, 0.25) is 0 Å². The molecule has 0 heterocycles. The van der Waals surface area contributed by atoms with Gasteiger partial charge in [-0.15, -0.1) is 0 Å². The van der Waals surface area contributed by atoms with Crippen LogP contribution in [0.1, 0.15) is 58.8 Å². The maximum Gasteiger partial charge on any atom is 0.0589 e. The summed E-state index contributed by atoms with van der Waals surface area (Å²) in [4.78, 5) is 2.63. The lowest BCUT2D eigenvalue weighted by Gasteiger charge is -2.39. The molecule has 1 atom stereocenters. The van der Waals surface area contributed by atoms with E-state index in [2.05, 4.69) is 18.7 Å². The summed E-state index contributed by atoms with van der Waals surface area (Å²) in [5.41, 5.74) is 0.441. The van der Waals surface area contributed by atoms with Crippen LogP contribution in [0.2, 0.25) is 0 Å². The second-order valence-electron chi connectivity index (χ2n) is 6.29. The molecule has 1 saturated carbocycles. The van der Waals surface area contributed by atoms with Crippen molar-refractivity contribution >= 4 is 12.6 Å². The Kier molecular flexibility index (Phi) is 8.43. The fraction of sp³-hybridized carbons (Fsp3) is 1.00. The van der Waals surface area contributed by atoms with Crippen LogP contribution in [0.15, 0.2) is 0 Å². The van der Waals surface area contributed by atoms with Crippen LogP contribution in [0, 0.1) is 5.41 Å². The van der Waals surface area contributed by atoms with Gasteiger partial charge in [0, 0.05) is 26.2 Å². The van der Waals surface area contributed by atoms with Crippen molar-refractivity contribution in [2.45, 2.75) is 64.8 Å². The summed E-state index contributed by atoms with van der Waals surface area (Å²) in [7, 11) is 1.80. The third-order valence-electron chi connectivity index (χ3n) is 4.83. The van der Waals surface area contributed by atoms with Gasteiger partial charge >= 0.3 is 0 Å². The van der Waals surface area contributed by atoms with E-state index >= 15 is 0 Å². The molecule has 0 aromatic heterocycles. The van der Waals surface area contributed by atoms with E-state index in [4.69, 9.17) is 17.4 Å². The Labute approximate surface area is 125 Å². The number of nitrogens with zero attached hydrogens (tertiary/aromatic N) is 1. The molecule has 3 heteroatoms. The molecule has 1 fully saturated rings. The van der Waals surface area contributed by atoms with Crippen molar-refractivity contribution in [2.24, 2.45) is 5.41 Å². The number of ether oxygens (including phenoxy) is 1. The summed E-state index contributed by atoms with van der Waals surface area (Å²) in [6.45, 7) is 7.73. The predicted octanol–water partition coefficient (Wildman–Crippen LogP) is 4.00. The second-order valence-corrected chi connectivity index (χ2v) is 6.61. The van der Waals surface area contributed by atoms with Crippen LogP contribution < -0.4 is 0 Å².